The van der Waals surface area contributed by atoms with Gasteiger partial charge in [0.05, 0.1) is 16.7 Å². The van der Waals surface area contributed by atoms with E-state index in [0.29, 0.717) is 22.6 Å². The number of nitrogens with one attached hydrogen (secondary N) is 1. The van der Waals surface area contributed by atoms with Crippen LogP contribution in [0.15, 0.2) is 58.5 Å². The van der Waals surface area contributed by atoms with Crippen LogP contribution in [0.3, 0.4) is 0 Å². The fourth-order valence-electron chi connectivity index (χ4n) is 3.00. The third-order valence-electron chi connectivity index (χ3n) is 4.53. The SMILES string of the molecule is CCCCc1ccc(NC(=O)CSc2nc3ccccc3c(=O)n2CC)cc1. The van der Waals surface area contributed by atoms with E-state index in [2.05, 4.69) is 29.4 Å². The monoisotopic (exact) mass is 395 g/mol. The Bertz CT molecular complexity index is 1010. The molecule has 5 nitrogen and oxygen atoms in total. The highest BCUT2D eigenvalue weighted by atomic mass is 32.2. The predicted molar refractivity (Wildman–Crippen MR) is 116 cm³/mol. The predicted octanol–water partition coefficient (Wildman–Crippen LogP) is 4.49. The number of hydrogen-bond acceptors (Lipinski definition) is 4. The molecule has 0 saturated carbocycles. The molecule has 0 aliphatic heterocycles. The van der Waals surface area contributed by atoms with Crippen LogP contribution in [0.1, 0.15) is 32.3 Å². The third kappa shape index (κ3) is 4.81. The largest absolute Gasteiger partial charge is 0.325 e. The van der Waals surface area contributed by atoms with E-state index < -0.39 is 0 Å². The zero-order chi connectivity index (χ0) is 19.9. The number of anilines is 1. The second kappa shape index (κ2) is 9.55. The molecular formula is C22H25N3O2S. The molecule has 3 aromatic rings. The minimum Gasteiger partial charge on any atom is -0.325 e. The number of aromatic nitrogens is 2. The van der Waals surface area contributed by atoms with E-state index in [1.807, 2.05) is 37.3 Å². The highest BCUT2D eigenvalue weighted by Crippen LogP contribution is 2.18. The van der Waals surface area contributed by atoms with Gasteiger partial charge in [0, 0.05) is 12.2 Å². The normalized spacial score (nSPS) is 10.9. The average molecular weight is 396 g/mol. The van der Waals surface area contributed by atoms with Crippen molar-refractivity contribution in [1.82, 2.24) is 9.55 Å². The van der Waals surface area contributed by atoms with Gasteiger partial charge in [-0.1, -0.05) is 49.4 Å². The van der Waals surface area contributed by atoms with Crippen LogP contribution in [0.25, 0.3) is 10.9 Å². The maximum Gasteiger partial charge on any atom is 0.262 e. The zero-order valence-electron chi connectivity index (χ0n) is 16.3. The number of benzene rings is 2. The Morgan fingerprint density at radius 2 is 1.86 bits per heavy atom. The van der Waals surface area contributed by atoms with E-state index in [4.69, 9.17) is 0 Å². The number of carbonyl (C=O) groups is 1. The van der Waals surface area contributed by atoms with Gasteiger partial charge in [-0.15, -0.1) is 0 Å². The maximum absolute atomic E-state index is 12.6. The Balaban J connectivity index is 1.66. The Hall–Kier alpha value is -2.60. The van der Waals surface area contributed by atoms with Crippen LogP contribution in [0.2, 0.25) is 0 Å². The molecule has 1 amide bonds. The minimum atomic E-state index is -0.114. The van der Waals surface area contributed by atoms with Crippen molar-refractivity contribution >= 4 is 34.3 Å². The first-order valence-electron chi connectivity index (χ1n) is 9.63. The summed E-state index contributed by atoms with van der Waals surface area (Å²) in [7, 11) is 0. The summed E-state index contributed by atoms with van der Waals surface area (Å²) in [5, 5.41) is 4.07. The first kappa shape index (κ1) is 20.1. The van der Waals surface area contributed by atoms with Gasteiger partial charge < -0.3 is 5.32 Å². The molecule has 1 heterocycles. The molecule has 6 heteroatoms. The fourth-order valence-corrected chi connectivity index (χ4v) is 3.86. The van der Waals surface area contributed by atoms with Crippen molar-refractivity contribution in [3.05, 3.63) is 64.4 Å². The van der Waals surface area contributed by atoms with Crippen LogP contribution in [0.5, 0.6) is 0 Å². The topological polar surface area (TPSA) is 64.0 Å². The van der Waals surface area contributed by atoms with E-state index >= 15 is 0 Å². The van der Waals surface area contributed by atoms with Crippen molar-refractivity contribution in [3.63, 3.8) is 0 Å². The molecule has 1 N–H and O–H groups in total. The van der Waals surface area contributed by atoms with Crippen LogP contribution in [0.4, 0.5) is 5.69 Å². The Kier molecular flexibility index (Phi) is 6.87. The standard InChI is InChI=1S/C22H25N3O2S/c1-3-5-8-16-11-13-17(14-12-16)23-20(26)15-28-22-24-19-10-7-6-9-18(19)21(27)25(22)4-2/h6-7,9-14H,3-5,8,15H2,1-2H3,(H,23,26). The summed E-state index contributed by atoms with van der Waals surface area (Å²) in [4.78, 5) is 29.5. The maximum atomic E-state index is 12.6. The van der Waals surface area contributed by atoms with E-state index in [9.17, 15) is 9.59 Å². The quantitative estimate of drug-likeness (QED) is 0.451. The van der Waals surface area contributed by atoms with Gasteiger partial charge in [0.25, 0.3) is 5.56 Å². The lowest BCUT2D eigenvalue weighted by molar-refractivity contribution is -0.113. The van der Waals surface area contributed by atoms with Crippen molar-refractivity contribution in [2.24, 2.45) is 0 Å². The molecule has 0 fully saturated rings. The number of nitrogens with zero attached hydrogens (tertiary/aromatic N) is 2. The molecule has 0 bridgehead atoms. The van der Waals surface area contributed by atoms with Crippen LogP contribution in [0, 0.1) is 0 Å². The van der Waals surface area contributed by atoms with Gasteiger partial charge in [0.1, 0.15) is 0 Å². The number of thioether (sulfide) groups is 1. The van der Waals surface area contributed by atoms with Crippen molar-refractivity contribution in [2.45, 2.75) is 44.8 Å². The molecule has 0 radical (unpaired) electrons. The van der Waals surface area contributed by atoms with Crippen LogP contribution < -0.4 is 10.9 Å². The summed E-state index contributed by atoms with van der Waals surface area (Å²) in [5.41, 5.74) is 2.65. The van der Waals surface area contributed by atoms with Crippen LogP contribution in [-0.4, -0.2) is 21.2 Å². The number of carbonyl (C=O) groups excluding carboxylic acids is 1. The van der Waals surface area contributed by atoms with E-state index in [1.54, 1.807) is 10.6 Å². The fraction of sp³-hybridized carbons (Fsp3) is 0.318. The number of para-hydroxylation sites is 1. The molecule has 0 aliphatic carbocycles. The van der Waals surface area contributed by atoms with Crippen molar-refractivity contribution < 1.29 is 4.79 Å². The second-order valence-electron chi connectivity index (χ2n) is 6.60. The smallest absolute Gasteiger partial charge is 0.262 e. The highest BCUT2D eigenvalue weighted by molar-refractivity contribution is 7.99. The molecule has 3 rings (SSSR count). The molecule has 146 valence electrons. The van der Waals surface area contributed by atoms with Gasteiger partial charge in [-0.3, -0.25) is 14.2 Å². The van der Waals surface area contributed by atoms with Crippen molar-refractivity contribution in [3.8, 4) is 0 Å². The number of aryl methyl sites for hydroxylation is 1. The number of amides is 1. The third-order valence-corrected chi connectivity index (χ3v) is 5.51. The molecule has 0 unspecified atom stereocenters. The van der Waals surface area contributed by atoms with Gasteiger partial charge in [-0.05, 0) is 49.6 Å². The Morgan fingerprint density at radius 1 is 1.11 bits per heavy atom. The average Bonchev–Trinajstić information content (AvgIpc) is 2.72. The molecule has 2 aromatic carbocycles. The molecule has 0 saturated heterocycles. The first-order chi connectivity index (χ1) is 13.6. The number of fused-ring (bicyclic) bond motifs is 1. The van der Waals surface area contributed by atoms with Gasteiger partial charge >= 0.3 is 0 Å². The first-order valence-corrected chi connectivity index (χ1v) is 10.6. The van der Waals surface area contributed by atoms with Crippen molar-refractivity contribution in [2.75, 3.05) is 11.1 Å². The summed E-state index contributed by atoms with van der Waals surface area (Å²) in [6, 6.07) is 15.3. The Morgan fingerprint density at radius 3 is 2.57 bits per heavy atom. The zero-order valence-corrected chi connectivity index (χ0v) is 17.1. The molecule has 28 heavy (non-hydrogen) atoms. The molecule has 0 aliphatic rings. The van der Waals surface area contributed by atoms with Crippen LogP contribution >= 0.6 is 11.8 Å². The van der Waals surface area contributed by atoms with Gasteiger partial charge in [0.15, 0.2) is 5.16 Å². The minimum absolute atomic E-state index is 0.0707. The van der Waals surface area contributed by atoms with Crippen LogP contribution in [-0.2, 0) is 17.8 Å². The molecular weight excluding hydrogens is 370 g/mol. The lowest BCUT2D eigenvalue weighted by Crippen LogP contribution is -2.23. The van der Waals surface area contributed by atoms with E-state index in [0.717, 1.165) is 12.1 Å². The van der Waals surface area contributed by atoms with E-state index in [1.165, 1.54) is 30.2 Å². The van der Waals surface area contributed by atoms with Gasteiger partial charge in [-0.2, -0.15) is 0 Å². The summed E-state index contributed by atoms with van der Waals surface area (Å²) in [6.07, 6.45) is 3.39. The number of unbranched alkanes of at least 4 members (excludes halogenated alkanes) is 1. The highest BCUT2D eigenvalue weighted by Gasteiger charge is 2.12. The summed E-state index contributed by atoms with van der Waals surface area (Å²) in [6.45, 7) is 4.59. The number of hydrogen-bond donors (Lipinski definition) is 1. The molecule has 0 spiro atoms. The second-order valence-corrected chi connectivity index (χ2v) is 7.54. The Labute approximate surface area is 169 Å². The van der Waals surface area contributed by atoms with E-state index in [-0.39, 0.29) is 17.2 Å². The lowest BCUT2D eigenvalue weighted by Gasteiger charge is -2.11. The number of rotatable bonds is 8. The summed E-state index contributed by atoms with van der Waals surface area (Å²) in [5.74, 6) is 0.0823. The molecule has 1 aromatic heterocycles. The van der Waals surface area contributed by atoms with Gasteiger partial charge in [-0.25, -0.2) is 4.98 Å². The van der Waals surface area contributed by atoms with Crippen molar-refractivity contribution in [1.29, 1.82) is 0 Å². The molecule has 0 atom stereocenters. The lowest BCUT2D eigenvalue weighted by atomic mass is 10.1. The van der Waals surface area contributed by atoms with Gasteiger partial charge in [0.2, 0.25) is 5.91 Å². The summed E-state index contributed by atoms with van der Waals surface area (Å²) >= 11 is 1.28. The summed E-state index contributed by atoms with van der Waals surface area (Å²) < 4.78 is 1.61.